The molecule has 1 heterocycles. The molecule has 0 aliphatic carbocycles. The van der Waals surface area contributed by atoms with Gasteiger partial charge in [0.15, 0.2) is 0 Å². The lowest BCUT2D eigenvalue weighted by Gasteiger charge is -2.22. The van der Waals surface area contributed by atoms with E-state index in [0.717, 1.165) is 18.6 Å². The molecule has 0 aromatic carbocycles. The molecule has 0 aliphatic rings. The fourth-order valence-electron chi connectivity index (χ4n) is 1.68. The number of nitrogens with two attached hydrogens (primary N) is 1. The van der Waals surface area contributed by atoms with Crippen LogP contribution in [0.5, 0.6) is 0 Å². The van der Waals surface area contributed by atoms with E-state index in [-0.39, 0.29) is 6.04 Å². The van der Waals surface area contributed by atoms with Crippen molar-refractivity contribution < 1.29 is 4.42 Å². The van der Waals surface area contributed by atoms with E-state index in [1.807, 2.05) is 12.1 Å². The van der Waals surface area contributed by atoms with Crippen LogP contribution < -0.4 is 11.3 Å². The third-order valence-corrected chi connectivity index (χ3v) is 2.55. The van der Waals surface area contributed by atoms with Crippen LogP contribution in [0.2, 0.25) is 0 Å². The lowest BCUT2D eigenvalue weighted by atomic mass is 9.93. The Morgan fingerprint density at radius 2 is 2.15 bits per heavy atom. The Labute approximate surface area is 79.3 Å². The summed E-state index contributed by atoms with van der Waals surface area (Å²) >= 11 is 0. The lowest BCUT2D eigenvalue weighted by molar-refractivity contribution is 0.297. The summed E-state index contributed by atoms with van der Waals surface area (Å²) in [4.78, 5) is 0. The second-order valence-electron chi connectivity index (χ2n) is 3.24. The van der Waals surface area contributed by atoms with Crippen LogP contribution in [-0.4, -0.2) is 0 Å². The third kappa shape index (κ3) is 2.32. The number of hydrogen-bond donors (Lipinski definition) is 2. The van der Waals surface area contributed by atoms with Gasteiger partial charge in [-0.25, -0.2) is 5.43 Å². The molecule has 0 bridgehead atoms. The first kappa shape index (κ1) is 10.3. The number of hydrogen-bond acceptors (Lipinski definition) is 3. The maximum Gasteiger partial charge on any atom is 0.122 e. The van der Waals surface area contributed by atoms with Crippen LogP contribution in [0.3, 0.4) is 0 Å². The molecule has 3 nitrogen and oxygen atoms in total. The van der Waals surface area contributed by atoms with E-state index < -0.39 is 0 Å². The highest BCUT2D eigenvalue weighted by molar-refractivity contribution is 5.05. The van der Waals surface area contributed by atoms with E-state index in [0.29, 0.717) is 5.92 Å². The topological polar surface area (TPSA) is 51.2 Å². The summed E-state index contributed by atoms with van der Waals surface area (Å²) in [7, 11) is 0. The Balaban J connectivity index is 2.72. The zero-order valence-corrected chi connectivity index (χ0v) is 8.29. The first-order chi connectivity index (χ1) is 6.33. The predicted octanol–water partition coefficient (Wildman–Crippen LogP) is 2.22. The van der Waals surface area contributed by atoms with Crippen molar-refractivity contribution in [3.63, 3.8) is 0 Å². The number of rotatable bonds is 5. The van der Waals surface area contributed by atoms with Crippen molar-refractivity contribution in [3.05, 3.63) is 24.2 Å². The van der Waals surface area contributed by atoms with E-state index in [1.165, 1.54) is 0 Å². The fourth-order valence-corrected chi connectivity index (χ4v) is 1.68. The lowest BCUT2D eigenvalue weighted by Crippen LogP contribution is -2.32. The first-order valence-electron chi connectivity index (χ1n) is 4.83. The molecule has 1 rings (SSSR count). The molecule has 0 spiro atoms. The van der Waals surface area contributed by atoms with Crippen molar-refractivity contribution in [2.24, 2.45) is 11.8 Å². The van der Waals surface area contributed by atoms with Crippen molar-refractivity contribution in [2.45, 2.75) is 32.7 Å². The molecule has 1 aromatic rings. The molecule has 1 atom stereocenters. The Bertz CT molecular complexity index is 217. The minimum absolute atomic E-state index is 0.144. The molecule has 0 saturated heterocycles. The minimum atomic E-state index is 0.144. The second kappa shape index (κ2) is 5.04. The van der Waals surface area contributed by atoms with Gasteiger partial charge in [0.2, 0.25) is 0 Å². The maximum atomic E-state index is 5.51. The van der Waals surface area contributed by atoms with E-state index in [2.05, 4.69) is 19.3 Å². The molecule has 13 heavy (non-hydrogen) atoms. The van der Waals surface area contributed by atoms with Crippen LogP contribution in [0.4, 0.5) is 0 Å². The summed E-state index contributed by atoms with van der Waals surface area (Å²) in [5.74, 6) is 6.97. The van der Waals surface area contributed by atoms with Crippen LogP contribution in [0.15, 0.2) is 22.8 Å². The van der Waals surface area contributed by atoms with Crippen LogP contribution in [0.25, 0.3) is 0 Å². The molecule has 0 amide bonds. The molecule has 1 unspecified atom stereocenters. The van der Waals surface area contributed by atoms with Crippen molar-refractivity contribution in [2.75, 3.05) is 0 Å². The van der Waals surface area contributed by atoms with E-state index in [4.69, 9.17) is 10.3 Å². The van der Waals surface area contributed by atoms with Crippen LogP contribution in [-0.2, 0) is 0 Å². The molecule has 0 aliphatic heterocycles. The molecule has 0 radical (unpaired) electrons. The van der Waals surface area contributed by atoms with Gasteiger partial charge in [-0.1, -0.05) is 26.7 Å². The van der Waals surface area contributed by atoms with Gasteiger partial charge in [0.1, 0.15) is 5.76 Å². The second-order valence-corrected chi connectivity index (χ2v) is 3.24. The summed E-state index contributed by atoms with van der Waals surface area (Å²) in [5, 5.41) is 0. The van der Waals surface area contributed by atoms with Gasteiger partial charge in [-0.2, -0.15) is 0 Å². The van der Waals surface area contributed by atoms with Gasteiger partial charge < -0.3 is 4.42 Å². The fraction of sp³-hybridized carbons (Fsp3) is 0.600. The van der Waals surface area contributed by atoms with Crippen molar-refractivity contribution in [1.82, 2.24) is 5.43 Å². The van der Waals surface area contributed by atoms with Gasteiger partial charge in [-0.3, -0.25) is 5.84 Å². The molecule has 1 aromatic heterocycles. The number of furan rings is 1. The van der Waals surface area contributed by atoms with Gasteiger partial charge in [0, 0.05) is 0 Å². The third-order valence-electron chi connectivity index (χ3n) is 2.55. The SMILES string of the molecule is CCC(CC)C(NN)c1ccco1. The molecular weight excluding hydrogens is 164 g/mol. The first-order valence-corrected chi connectivity index (χ1v) is 4.83. The largest absolute Gasteiger partial charge is 0.468 e. The maximum absolute atomic E-state index is 5.51. The Kier molecular flexibility index (Phi) is 3.99. The summed E-state index contributed by atoms with van der Waals surface area (Å²) in [6.07, 6.45) is 3.89. The molecule has 3 N–H and O–H groups in total. The van der Waals surface area contributed by atoms with Crippen molar-refractivity contribution in [1.29, 1.82) is 0 Å². The Morgan fingerprint density at radius 3 is 2.54 bits per heavy atom. The summed E-state index contributed by atoms with van der Waals surface area (Å²) in [5.41, 5.74) is 2.81. The average Bonchev–Trinajstić information content (AvgIpc) is 2.66. The van der Waals surface area contributed by atoms with Crippen molar-refractivity contribution >= 4 is 0 Å². The van der Waals surface area contributed by atoms with Crippen LogP contribution in [0, 0.1) is 5.92 Å². The molecule has 0 saturated carbocycles. The van der Waals surface area contributed by atoms with Gasteiger partial charge >= 0.3 is 0 Å². The van der Waals surface area contributed by atoms with E-state index in [1.54, 1.807) is 6.26 Å². The molecule has 3 heteroatoms. The Morgan fingerprint density at radius 1 is 1.46 bits per heavy atom. The summed E-state index contributed by atoms with van der Waals surface area (Å²) in [6.45, 7) is 4.34. The predicted molar refractivity (Wildman–Crippen MR) is 52.8 cm³/mol. The monoisotopic (exact) mass is 182 g/mol. The minimum Gasteiger partial charge on any atom is -0.468 e. The van der Waals surface area contributed by atoms with Gasteiger partial charge in [-0.15, -0.1) is 0 Å². The van der Waals surface area contributed by atoms with Crippen LogP contribution in [0.1, 0.15) is 38.5 Å². The highest BCUT2D eigenvalue weighted by Crippen LogP contribution is 2.26. The normalized spacial score (nSPS) is 13.5. The molecule has 74 valence electrons. The zero-order chi connectivity index (χ0) is 9.68. The van der Waals surface area contributed by atoms with Crippen LogP contribution >= 0.6 is 0 Å². The van der Waals surface area contributed by atoms with Gasteiger partial charge in [-0.05, 0) is 18.1 Å². The van der Waals surface area contributed by atoms with E-state index in [9.17, 15) is 0 Å². The van der Waals surface area contributed by atoms with E-state index >= 15 is 0 Å². The Hall–Kier alpha value is -0.800. The smallest absolute Gasteiger partial charge is 0.122 e. The highest BCUT2D eigenvalue weighted by Gasteiger charge is 2.20. The molecule has 0 fully saturated rings. The number of nitrogens with one attached hydrogen (secondary N) is 1. The van der Waals surface area contributed by atoms with Gasteiger partial charge in [0.05, 0.1) is 12.3 Å². The van der Waals surface area contributed by atoms with Gasteiger partial charge in [0.25, 0.3) is 0 Å². The summed E-state index contributed by atoms with van der Waals surface area (Å²) < 4.78 is 5.33. The van der Waals surface area contributed by atoms with Crippen molar-refractivity contribution in [3.8, 4) is 0 Å². The standard InChI is InChI=1S/C10H18N2O/c1-3-8(4-2)10(12-11)9-6-5-7-13-9/h5-8,10,12H,3-4,11H2,1-2H3. The molecular formula is C10H18N2O. The zero-order valence-electron chi connectivity index (χ0n) is 8.29. The highest BCUT2D eigenvalue weighted by atomic mass is 16.3. The number of hydrazine groups is 1. The summed E-state index contributed by atoms with van der Waals surface area (Å²) in [6, 6.07) is 4.00. The average molecular weight is 182 g/mol. The quantitative estimate of drug-likeness (QED) is 0.542.